The van der Waals surface area contributed by atoms with Crippen molar-refractivity contribution >= 4 is 5.78 Å². The van der Waals surface area contributed by atoms with Crippen LogP contribution in [0.2, 0.25) is 0 Å². The normalized spacial score (nSPS) is 23.1. The zero-order valence-corrected chi connectivity index (χ0v) is 14.1. The molecule has 1 aromatic carbocycles. The predicted molar refractivity (Wildman–Crippen MR) is 92.1 cm³/mol. The lowest BCUT2D eigenvalue weighted by Gasteiger charge is -2.34. The molecule has 0 radical (unpaired) electrons. The summed E-state index contributed by atoms with van der Waals surface area (Å²) in [7, 11) is 0. The van der Waals surface area contributed by atoms with Crippen LogP contribution >= 0.6 is 0 Å². The molecule has 0 spiro atoms. The molecule has 0 bridgehead atoms. The average Bonchev–Trinajstić information content (AvgIpc) is 3.10. The number of hydrogen-bond donors (Lipinski definition) is 1. The maximum absolute atomic E-state index is 11.6. The lowest BCUT2D eigenvalue weighted by molar-refractivity contribution is 0.101. The third-order valence-electron chi connectivity index (χ3n) is 5.23. The third-order valence-corrected chi connectivity index (χ3v) is 5.23. The van der Waals surface area contributed by atoms with Gasteiger partial charge in [-0.3, -0.25) is 9.69 Å². The van der Waals surface area contributed by atoms with Gasteiger partial charge in [-0.25, -0.2) is 0 Å². The van der Waals surface area contributed by atoms with E-state index < -0.39 is 0 Å². The Morgan fingerprint density at radius 3 is 2.74 bits per heavy atom. The Hall–Kier alpha value is -1.39. The molecule has 1 unspecified atom stereocenters. The first-order chi connectivity index (χ1) is 11.2. The van der Waals surface area contributed by atoms with Crippen LogP contribution in [0.1, 0.15) is 43.0 Å². The fourth-order valence-electron chi connectivity index (χ4n) is 3.86. The molecule has 23 heavy (non-hydrogen) atoms. The molecule has 2 aliphatic heterocycles. The van der Waals surface area contributed by atoms with Crippen LogP contribution in [0.25, 0.3) is 0 Å². The quantitative estimate of drug-likeness (QED) is 0.820. The smallest absolute Gasteiger partial charge is 0.163 e. The van der Waals surface area contributed by atoms with E-state index in [2.05, 4.69) is 10.2 Å². The number of carbonyl (C=O) groups is 1. The maximum Gasteiger partial charge on any atom is 0.163 e. The summed E-state index contributed by atoms with van der Waals surface area (Å²) in [5.41, 5.74) is 0.679. The van der Waals surface area contributed by atoms with Crippen molar-refractivity contribution in [3.63, 3.8) is 0 Å². The molecule has 0 aromatic heterocycles. The maximum atomic E-state index is 11.6. The molecule has 1 N–H and O–H groups in total. The highest BCUT2D eigenvalue weighted by atomic mass is 16.5. The summed E-state index contributed by atoms with van der Waals surface area (Å²) in [4.78, 5) is 14.1. The molecule has 126 valence electrons. The highest BCUT2D eigenvalue weighted by molar-refractivity contribution is 5.96. The summed E-state index contributed by atoms with van der Waals surface area (Å²) < 4.78 is 5.85. The number of ketones is 1. The molecule has 2 saturated heterocycles. The summed E-state index contributed by atoms with van der Waals surface area (Å²) in [6, 6.07) is 8.27. The lowest BCUT2D eigenvalue weighted by Crippen LogP contribution is -2.42. The van der Waals surface area contributed by atoms with Gasteiger partial charge in [0.2, 0.25) is 0 Å². The first-order valence-electron chi connectivity index (χ1n) is 8.92. The molecule has 2 fully saturated rings. The zero-order chi connectivity index (χ0) is 16.1. The minimum Gasteiger partial charge on any atom is -0.491 e. The molecular weight excluding hydrogens is 288 g/mol. The number of piperidine rings is 1. The fraction of sp³-hybridized carbons (Fsp3) is 0.632. The van der Waals surface area contributed by atoms with Gasteiger partial charge in [0.05, 0.1) is 5.56 Å². The van der Waals surface area contributed by atoms with Crippen molar-refractivity contribution < 1.29 is 9.53 Å². The molecule has 1 aromatic rings. The van der Waals surface area contributed by atoms with E-state index in [0.717, 1.165) is 18.5 Å². The summed E-state index contributed by atoms with van der Waals surface area (Å²) in [5.74, 6) is 1.63. The second kappa shape index (κ2) is 7.93. The van der Waals surface area contributed by atoms with Crippen LogP contribution in [-0.4, -0.2) is 49.5 Å². The largest absolute Gasteiger partial charge is 0.491 e. The van der Waals surface area contributed by atoms with Gasteiger partial charge in [0, 0.05) is 12.6 Å². The van der Waals surface area contributed by atoms with Crippen LogP contribution in [0.4, 0.5) is 0 Å². The van der Waals surface area contributed by atoms with Crippen molar-refractivity contribution in [1.29, 1.82) is 0 Å². The fourth-order valence-corrected chi connectivity index (χ4v) is 3.86. The highest BCUT2D eigenvalue weighted by Crippen LogP contribution is 2.25. The number of nitrogens with one attached hydrogen (secondary N) is 1. The van der Waals surface area contributed by atoms with Gasteiger partial charge in [0.25, 0.3) is 0 Å². The van der Waals surface area contributed by atoms with Crippen LogP contribution in [0, 0.1) is 5.92 Å². The van der Waals surface area contributed by atoms with E-state index in [4.69, 9.17) is 4.74 Å². The minimum atomic E-state index is 0.0606. The molecule has 3 rings (SSSR count). The molecule has 2 aliphatic rings. The molecule has 1 atom stereocenters. The number of para-hydroxylation sites is 1. The van der Waals surface area contributed by atoms with E-state index in [1.807, 2.05) is 24.3 Å². The van der Waals surface area contributed by atoms with E-state index in [9.17, 15) is 4.79 Å². The summed E-state index contributed by atoms with van der Waals surface area (Å²) in [6.45, 7) is 6.72. The second-order valence-electron chi connectivity index (χ2n) is 6.78. The Morgan fingerprint density at radius 1 is 1.26 bits per heavy atom. The van der Waals surface area contributed by atoms with Gasteiger partial charge in [-0.05, 0) is 70.3 Å². The van der Waals surface area contributed by atoms with Gasteiger partial charge in [-0.15, -0.1) is 0 Å². The molecule has 4 heteroatoms. The van der Waals surface area contributed by atoms with Gasteiger partial charge in [0.15, 0.2) is 5.78 Å². The standard InChI is InChI=1S/C19H28N2O2/c1-15(22)17-5-2-3-7-19(17)23-14-13-21-11-8-16(9-12-21)18-6-4-10-20-18/h2-3,5,7,16,18,20H,4,6,8-14H2,1H3. The number of benzene rings is 1. The third kappa shape index (κ3) is 4.33. The Labute approximate surface area is 139 Å². The van der Waals surface area contributed by atoms with Crippen molar-refractivity contribution in [2.45, 2.75) is 38.6 Å². The summed E-state index contributed by atoms with van der Waals surface area (Å²) in [6.07, 6.45) is 5.29. The topological polar surface area (TPSA) is 41.6 Å². The monoisotopic (exact) mass is 316 g/mol. The van der Waals surface area contributed by atoms with E-state index in [1.165, 1.54) is 45.3 Å². The predicted octanol–water partition coefficient (Wildman–Crippen LogP) is 2.73. The second-order valence-corrected chi connectivity index (χ2v) is 6.78. The Bertz CT molecular complexity index is 518. The highest BCUT2D eigenvalue weighted by Gasteiger charge is 2.28. The van der Waals surface area contributed by atoms with E-state index in [-0.39, 0.29) is 5.78 Å². The van der Waals surface area contributed by atoms with Crippen LogP contribution in [0.5, 0.6) is 5.75 Å². The number of hydrogen-bond acceptors (Lipinski definition) is 4. The summed E-state index contributed by atoms with van der Waals surface area (Å²) >= 11 is 0. The molecule has 0 amide bonds. The number of rotatable bonds is 6. The zero-order valence-electron chi connectivity index (χ0n) is 14.1. The van der Waals surface area contributed by atoms with Gasteiger partial charge in [-0.1, -0.05) is 12.1 Å². The van der Waals surface area contributed by atoms with E-state index >= 15 is 0 Å². The molecule has 4 nitrogen and oxygen atoms in total. The van der Waals surface area contributed by atoms with Crippen molar-refractivity contribution in [2.24, 2.45) is 5.92 Å². The first-order valence-corrected chi connectivity index (χ1v) is 8.92. The SMILES string of the molecule is CC(=O)c1ccccc1OCCN1CCC(C2CCCN2)CC1. The van der Waals surface area contributed by atoms with Crippen LogP contribution < -0.4 is 10.1 Å². The van der Waals surface area contributed by atoms with Crippen LogP contribution in [-0.2, 0) is 0 Å². The number of likely N-dealkylation sites (tertiary alicyclic amines) is 1. The minimum absolute atomic E-state index is 0.0606. The average molecular weight is 316 g/mol. The molecule has 0 saturated carbocycles. The number of nitrogens with zero attached hydrogens (tertiary/aromatic N) is 1. The van der Waals surface area contributed by atoms with Crippen LogP contribution in [0.15, 0.2) is 24.3 Å². The number of Topliss-reactive ketones (excluding diaryl/α,β-unsaturated/α-hetero) is 1. The molecule has 0 aliphatic carbocycles. The van der Waals surface area contributed by atoms with Crippen molar-refractivity contribution in [1.82, 2.24) is 10.2 Å². The number of carbonyl (C=O) groups excluding carboxylic acids is 1. The van der Waals surface area contributed by atoms with E-state index in [0.29, 0.717) is 17.9 Å². The van der Waals surface area contributed by atoms with Gasteiger partial charge < -0.3 is 10.1 Å². The van der Waals surface area contributed by atoms with Crippen molar-refractivity contribution in [3.8, 4) is 5.75 Å². The lowest BCUT2D eigenvalue weighted by atomic mass is 9.88. The van der Waals surface area contributed by atoms with Gasteiger partial charge >= 0.3 is 0 Å². The van der Waals surface area contributed by atoms with E-state index in [1.54, 1.807) is 6.92 Å². The molecular formula is C19H28N2O2. The molecule has 2 heterocycles. The van der Waals surface area contributed by atoms with Crippen molar-refractivity contribution in [3.05, 3.63) is 29.8 Å². The summed E-state index contributed by atoms with van der Waals surface area (Å²) in [5, 5.41) is 3.65. The first kappa shape index (κ1) is 16.5. The number of ether oxygens (including phenoxy) is 1. The van der Waals surface area contributed by atoms with Gasteiger partial charge in [0.1, 0.15) is 12.4 Å². The Morgan fingerprint density at radius 2 is 2.04 bits per heavy atom. The Kier molecular flexibility index (Phi) is 5.68. The Balaban J connectivity index is 1.41. The van der Waals surface area contributed by atoms with Crippen molar-refractivity contribution in [2.75, 3.05) is 32.8 Å². The van der Waals surface area contributed by atoms with Crippen LogP contribution in [0.3, 0.4) is 0 Å². The van der Waals surface area contributed by atoms with Gasteiger partial charge in [-0.2, -0.15) is 0 Å².